The molecule has 1 amide bonds. The Bertz CT molecular complexity index is 1120. The highest BCUT2D eigenvalue weighted by atomic mass is 16.3. The minimum Gasteiger partial charge on any atom is -0.510 e. The third kappa shape index (κ3) is 2.61. The first-order chi connectivity index (χ1) is 15.0. The summed E-state index contributed by atoms with van der Waals surface area (Å²) < 4.78 is 0. The summed E-state index contributed by atoms with van der Waals surface area (Å²) in [7, 11) is 3.20. The number of hydrogen-bond donors (Lipinski definition) is 5. The molecule has 170 valence electrons. The number of allylic oxidation sites excluding steroid dienone is 1. The molecule has 0 spiro atoms. The standard InChI is InChI=1S/C23H26N2O7/c1-4-9-10-6-5-7-13(26)14(10)18(27)15-11(9)8-12-17(25(2)3)19(28)16(22(24)31)21(30)23(12,32)20(15)29/h5-7,9,11-12,17,26,28-29,32H,4,8H2,1-3H3,(H2,24,31)/t9-,11-,12+,17+,23+/m1/s1. The van der Waals surface area contributed by atoms with Gasteiger partial charge in [-0.2, -0.15) is 0 Å². The molecule has 6 N–H and O–H groups in total. The topological polar surface area (TPSA) is 161 Å². The molecule has 9 nitrogen and oxygen atoms in total. The molecule has 0 saturated heterocycles. The second-order valence-electron chi connectivity index (χ2n) is 8.92. The van der Waals surface area contributed by atoms with Crippen LogP contribution in [0.15, 0.2) is 40.9 Å². The number of aliphatic hydroxyl groups is 3. The number of aromatic hydroxyl groups is 1. The Kier molecular flexibility index (Phi) is 4.94. The number of nitrogens with zero attached hydrogens (tertiary/aromatic N) is 1. The zero-order valence-electron chi connectivity index (χ0n) is 18.0. The van der Waals surface area contributed by atoms with Crippen LogP contribution in [0, 0.1) is 11.8 Å². The zero-order chi connectivity index (χ0) is 23.7. The van der Waals surface area contributed by atoms with Gasteiger partial charge in [-0.1, -0.05) is 19.1 Å². The fraction of sp³-hybridized carbons (Fsp3) is 0.435. The van der Waals surface area contributed by atoms with Crippen molar-refractivity contribution in [1.82, 2.24) is 4.90 Å². The minimum absolute atomic E-state index is 0.0279. The SMILES string of the molecule is CC[C@@H]1c2cccc(O)c2C(=O)C2=C(O)[C@]3(O)C(=O)C(C(N)=O)=C(O)[C@@H](N(C)C)[C@@H]3C[C@@H]21. The first-order valence-electron chi connectivity index (χ1n) is 10.4. The predicted octanol–water partition coefficient (Wildman–Crippen LogP) is 1.07. The monoisotopic (exact) mass is 442 g/mol. The zero-order valence-corrected chi connectivity index (χ0v) is 18.0. The van der Waals surface area contributed by atoms with Gasteiger partial charge in [0.25, 0.3) is 5.91 Å². The third-order valence-electron chi connectivity index (χ3n) is 7.20. The summed E-state index contributed by atoms with van der Waals surface area (Å²) in [5.74, 6) is -6.70. The largest absolute Gasteiger partial charge is 0.510 e. The number of ketones is 2. The van der Waals surface area contributed by atoms with Crippen molar-refractivity contribution < 1.29 is 34.8 Å². The molecule has 0 aliphatic heterocycles. The van der Waals surface area contributed by atoms with Crippen molar-refractivity contribution in [1.29, 1.82) is 0 Å². The number of carbonyl (C=O) groups excluding carboxylic acids is 3. The van der Waals surface area contributed by atoms with E-state index in [4.69, 9.17) is 5.73 Å². The molecule has 1 aromatic rings. The summed E-state index contributed by atoms with van der Waals surface area (Å²) >= 11 is 0. The van der Waals surface area contributed by atoms with E-state index < -0.39 is 58.0 Å². The van der Waals surface area contributed by atoms with E-state index in [-0.39, 0.29) is 29.2 Å². The number of aliphatic hydroxyl groups excluding tert-OH is 2. The van der Waals surface area contributed by atoms with Crippen molar-refractivity contribution in [2.24, 2.45) is 17.6 Å². The highest BCUT2D eigenvalue weighted by Crippen LogP contribution is 2.56. The Balaban J connectivity index is 2.02. The van der Waals surface area contributed by atoms with Crippen LogP contribution in [-0.2, 0) is 9.59 Å². The minimum atomic E-state index is -2.62. The van der Waals surface area contributed by atoms with Gasteiger partial charge >= 0.3 is 0 Å². The number of phenols is 1. The van der Waals surface area contributed by atoms with Gasteiger partial charge in [0.1, 0.15) is 22.8 Å². The Labute approximate surface area is 184 Å². The van der Waals surface area contributed by atoms with Gasteiger partial charge in [-0.15, -0.1) is 0 Å². The fourth-order valence-electron chi connectivity index (χ4n) is 5.85. The molecular weight excluding hydrogens is 416 g/mol. The van der Waals surface area contributed by atoms with E-state index in [0.29, 0.717) is 12.0 Å². The Morgan fingerprint density at radius 1 is 1.22 bits per heavy atom. The summed E-state index contributed by atoms with van der Waals surface area (Å²) in [5, 5.41) is 43.9. The molecule has 0 bridgehead atoms. The van der Waals surface area contributed by atoms with Gasteiger partial charge in [-0.3, -0.25) is 19.3 Å². The summed E-state index contributed by atoms with van der Waals surface area (Å²) in [4.78, 5) is 40.1. The molecule has 3 aliphatic carbocycles. The number of Topliss-reactive ketones (excluding diaryl/α,β-unsaturated/α-hetero) is 2. The molecule has 0 unspecified atom stereocenters. The summed E-state index contributed by atoms with van der Waals surface area (Å²) in [6.07, 6.45) is 0.644. The third-order valence-corrected chi connectivity index (χ3v) is 7.20. The molecule has 4 rings (SSSR count). The van der Waals surface area contributed by atoms with Crippen LogP contribution in [0.5, 0.6) is 5.75 Å². The Hall–Kier alpha value is -3.17. The first kappa shape index (κ1) is 22.0. The number of amides is 1. The number of phenolic OH excluding ortho intramolecular Hbond substituents is 1. The number of nitrogens with two attached hydrogens (primary N) is 1. The lowest BCUT2D eigenvalue weighted by Gasteiger charge is -2.51. The van der Waals surface area contributed by atoms with E-state index in [9.17, 15) is 34.8 Å². The van der Waals surface area contributed by atoms with Crippen LogP contribution in [0.3, 0.4) is 0 Å². The molecule has 9 heteroatoms. The lowest BCUT2D eigenvalue weighted by Crippen LogP contribution is -2.64. The molecule has 0 radical (unpaired) electrons. The lowest BCUT2D eigenvalue weighted by atomic mass is 9.56. The second-order valence-corrected chi connectivity index (χ2v) is 8.92. The van der Waals surface area contributed by atoms with Crippen LogP contribution >= 0.6 is 0 Å². The summed E-state index contributed by atoms with van der Waals surface area (Å²) in [5.41, 5.74) is 2.41. The van der Waals surface area contributed by atoms with Gasteiger partial charge in [-0.05, 0) is 50.4 Å². The predicted molar refractivity (Wildman–Crippen MR) is 113 cm³/mol. The van der Waals surface area contributed by atoms with E-state index in [1.807, 2.05) is 6.92 Å². The quantitative estimate of drug-likeness (QED) is 0.434. The van der Waals surface area contributed by atoms with Crippen LogP contribution in [0.1, 0.15) is 41.6 Å². The molecule has 0 aromatic heterocycles. The van der Waals surface area contributed by atoms with Gasteiger partial charge in [0.15, 0.2) is 11.4 Å². The van der Waals surface area contributed by atoms with Crippen molar-refractivity contribution in [2.45, 2.75) is 37.3 Å². The molecular formula is C23H26N2O7. The maximum absolute atomic E-state index is 13.4. The maximum Gasteiger partial charge on any atom is 0.255 e. The molecule has 5 atom stereocenters. The van der Waals surface area contributed by atoms with Crippen molar-refractivity contribution in [3.63, 3.8) is 0 Å². The number of fused-ring (bicyclic) bond motifs is 3. The average molecular weight is 442 g/mol. The van der Waals surface area contributed by atoms with E-state index in [2.05, 4.69) is 0 Å². The van der Waals surface area contributed by atoms with Crippen molar-refractivity contribution in [3.05, 3.63) is 52.0 Å². The van der Waals surface area contributed by atoms with Gasteiger partial charge in [0.2, 0.25) is 5.78 Å². The van der Waals surface area contributed by atoms with E-state index in [0.717, 1.165) is 0 Å². The van der Waals surface area contributed by atoms with Crippen molar-refractivity contribution in [2.75, 3.05) is 14.1 Å². The van der Waals surface area contributed by atoms with Crippen LogP contribution < -0.4 is 5.73 Å². The summed E-state index contributed by atoms with van der Waals surface area (Å²) in [6.45, 7) is 1.90. The first-order valence-corrected chi connectivity index (χ1v) is 10.4. The second kappa shape index (κ2) is 7.18. The molecule has 0 saturated carbocycles. The van der Waals surface area contributed by atoms with Crippen LogP contribution in [0.4, 0.5) is 0 Å². The van der Waals surface area contributed by atoms with Gasteiger partial charge < -0.3 is 26.2 Å². The molecule has 0 fully saturated rings. The van der Waals surface area contributed by atoms with E-state index >= 15 is 0 Å². The number of carbonyl (C=O) groups is 3. The molecule has 0 heterocycles. The fourth-order valence-corrected chi connectivity index (χ4v) is 5.85. The van der Waals surface area contributed by atoms with E-state index in [1.165, 1.54) is 11.0 Å². The average Bonchev–Trinajstić information content (AvgIpc) is 2.70. The molecule has 32 heavy (non-hydrogen) atoms. The highest BCUT2D eigenvalue weighted by Gasteiger charge is 2.64. The number of benzene rings is 1. The smallest absolute Gasteiger partial charge is 0.255 e. The lowest BCUT2D eigenvalue weighted by molar-refractivity contribution is -0.148. The molecule has 3 aliphatic rings. The van der Waals surface area contributed by atoms with Gasteiger partial charge in [0.05, 0.1) is 11.6 Å². The van der Waals surface area contributed by atoms with Crippen molar-refractivity contribution >= 4 is 17.5 Å². The van der Waals surface area contributed by atoms with Gasteiger partial charge in [0, 0.05) is 11.5 Å². The van der Waals surface area contributed by atoms with Crippen LogP contribution in [-0.4, -0.2) is 68.5 Å². The number of rotatable bonds is 3. The Morgan fingerprint density at radius 3 is 2.44 bits per heavy atom. The normalized spacial score (nSPS) is 32.0. The van der Waals surface area contributed by atoms with Crippen LogP contribution in [0.2, 0.25) is 0 Å². The summed E-state index contributed by atoms with van der Waals surface area (Å²) in [6, 6.07) is 3.75. The van der Waals surface area contributed by atoms with Crippen molar-refractivity contribution in [3.8, 4) is 5.75 Å². The number of primary amides is 1. The number of hydrogen-bond acceptors (Lipinski definition) is 8. The number of likely N-dealkylation sites (N-methyl/N-ethyl adjacent to an activating group) is 1. The molecule has 1 aromatic carbocycles. The Morgan fingerprint density at radius 2 is 1.88 bits per heavy atom. The van der Waals surface area contributed by atoms with E-state index in [1.54, 1.807) is 26.2 Å². The van der Waals surface area contributed by atoms with Gasteiger partial charge in [-0.25, -0.2) is 0 Å². The van der Waals surface area contributed by atoms with Crippen LogP contribution in [0.25, 0.3) is 0 Å². The highest BCUT2D eigenvalue weighted by molar-refractivity contribution is 6.24. The maximum atomic E-state index is 13.4.